The Kier molecular flexibility index (Phi) is 5.90. The van der Waals surface area contributed by atoms with Crippen molar-refractivity contribution in [2.75, 3.05) is 56.2 Å². The van der Waals surface area contributed by atoms with Gasteiger partial charge in [-0.2, -0.15) is 0 Å². The van der Waals surface area contributed by atoms with Crippen LogP contribution >= 0.6 is 0 Å². The molecule has 0 aliphatic carbocycles. The number of rotatable bonds is 5. The minimum atomic E-state index is 0.522. The zero-order chi connectivity index (χ0) is 17.8. The molecule has 0 aromatic carbocycles. The lowest BCUT2D eigenvalue weighted by Crippen LogP contribution is -2.41. The predicted octanol–water partition coefficient (Wildman–Crippen LogP) is 2.63. The lowest BCUT2D eigenvalue weighted by atomic mass is 10.0. The van der Waals surface area contributed by atoms with E-state index in [1.807, 2.05) is 0 Å². The number of ether oxygens (including phenoxy) is 1. The van der Waals surface area contributed by atoms with E-state index in [2.05, 4.69) is 38.1 Å². The molecule has 1 N–H and O–H groups in total. The Morgan fingerprint density at radius 1 is 1.15 bits per heavy atom. The van der Waals surface area contributed by atoms with E-state index >= 15 is 0 Å². The van der Waals surface area contributed by atoms with Gasteiger partial charge in [0.25, 0.3) is 0 Å². The van der Waals surface area contributed by atoms with Crippen molar-refractivity contribution < 1.29 is 4.74 Å². The first-order valence-electron chi connectivity index (χ1n) is 10.4. The molecular weight excluding hydrogens is 326 g/mol. The third-order valence-electron chi connectivity index (χ3n) is 6.11. The lowest BCUT2D eigenvalue weighted by molar-refractivity contribution is 0.154. The van der Waals surface area contributed by atoms with E-state index < -0.39 is 0 Å². The first kappa shape index (κ1) is 18.0. The predicted molar refractivity (Wildman–Crippen MR) is 105 cm³/mol. The van der Waals surface area contributed by atoms with Crippen LogP contribution in [0.2, 0.25) is 0 Å². The van der Waals surface area contributed by atoms with Gasteiger partial charge in [0, 0.05) is 51.4 Å². The minimum Gasteiger partial charge on any atom is -0.381 e. The number of nitrogens with zero attached hydrogens (tertiary/aromatic N) is 4. The summed E-state index contributed by atoms with van der Waals surface area (Å²) in [6.07, 6.45) is 7.92. The van der Waals surface area contributed by atoms with E-state index in [9.17, 15) is 0 Å². The van der Waals surface area contributed by atoms with Crippen molar-refractivity contribution in [1.29, 1.82) is 0 Å². The van der Waals surface area contributed by atoms with E-state index in [0.717, 1.165) is 49.8 Å². The molecule has 3 aliphatic rings. The highest BCUT2D eigenvalue weighted by molar-refractivity contribution is 5.49. The Labute approximate surface area is 157 Å². The second-order valence-corrected chi connectivity index (χ2v) is 8.40. The van der Waals surface area contributed by atoms with Crippen LogP contribution in [0.1, 0.15) is 39.0 Å². The number of likely N-dealkylation sites (tertiary alicyclic amines) is 1. The van der Waals surface area contributed by atoms with Crippen molar-refractivity contribution in [3.63, 3.8) is 0 Å². The summed E-state index contributed by atoms with van der Waals surface area (Å²) < 4.78 is 5.51. The average Bonchev–Trinajstić information content (AvgIpc) is 3.17. The van der Waals surface area contributed by atoms with Crippen molar-refractivity contribution in [3.05, 3.63) is 12.4 Å². The summed E-state index contributed by atoms with van der Waals surface area (Å²) in [5.41, 5.74) is 0. The molecule has 26 heavy (non-hydrogen) atoms. The van der Waals surface area contributed by atoms with Gasteiger partial charge in [0.2, 0.25) is 0 Å². The first-order chi connectivity index (χ1) is 12.8. The number of nitrogens with one attached hydrogen (secondary N) is 1. The van der Waals surface area contributed by atoms with Crippen LogP contribution in [0.3, 0.4) is 0 Å². The molecule has 4 rings (SSSR count). The molecule has 2 unspecified atom stereocenters. The SMILES string of the molecule is CC1CCCN(c2cc(NC3CCN(CC4CCOC4)CC3)ncn2)C1. The Bertz CT molecular complexity index is 569. The topological polar surface area (TPSA) is 53.5 Å². The van der Waals surface area contributed by atoms with Crippen LogP contribution in [0.25, 0.3) is 0 Å². The van der Waals surface area contributed by atoms with Crippen LogP contribution in [0.5, 0.6) is 0 Å². The summed E-state index contributed by atoms with van der Waals surface area (Å²) in [6, 6.07) is 2.66. The van der Waals surface area contributed by atoms with Crippen LogP contribution in [-0.4, -0.2) is 66.8 Å². The third kappa shape index (κ3) is 4.65. The van der Waals surface area contributed by atoms with Gasteiger partial charge in [-0.3, -0.25) is 0 Å². The third-order valence-corrected chi connectivity index (χ3v) is 6.11. The van der Waals surface area contributed by atoms with Gasteiger partial charge < -0.3 is 19.9 Å². The molecule has 0 radical (unpaired) electrons. The molecule has 4 heterocycles. The van der Waals surface area contributed by atoms with Crippen LogP contribution < -0.4 is 10.2 Å². The Morgan fingerprint density at radius 2 is 2.04 bits per heavy atom. The molecule has 0 amide bonds. The molecule has 3 saturated heterocycles. The molecule has 1 aromatic rings. The van der Waals surface area contributed by atoms with Crippen molar-refractivity contribution in [2.24, 2.45) is 11.8 Å². The number of hydrogen-bond donors (Lipinski definition) is 1. The maximum Gasteiger partial charge on any atom is 0.134 e. The van der Waals surface area contributed by atoms with Gasteiger partial charge >= 0.3 is 0 Å². The summed E-state index contributed by atoms with van der Waals surface area (Å²) in [6.45, 7) is 10.0. The molecule has 3 aliphatic heterocycles. The molecule has 0 saturated carbocycles. The Morgan fingerprint density at radius 3 is 2.81 bits per heavy atom. The molecule has 2 atom stereocenters. The zero-order valence-electron chi connectivity index (χ0n) is 16.1. The van der Waals surface area contributed by atoms with Gasteiger partial charge in [-0.15, -0.1) is 0 Å². The van der Waals surface area contributed by atoms with E-state index in [1.165, 1.54) is 51.7 Å². The fourth-order valence-electron chi connectivity index (χ4n) is 4.56. The van der Waals surface area contributed by atoms with E-state index in [1.54, 1.807) is 6.33 Å². The van der Waals surface area contributed by atoms with Gasteiger partial charge in [-0.1, -0.05) is 6.92 Å². The molecule has 3 fully saturated rings. The largest absolute Gasteiger partial charge is 0.381 e. The Balaban J connectivity index is 1.27. The second-order valence-electron chi connectivity index (χ2n) is 8.40. The summed E-state index contributed by atoms with van der Waals surface area (Å²) in [5.74, 6) is 3.56. The summed E-state index contributed by atoms with van der Waals surface area (Å²) >= 11 is 0. The fraction of sp³-hybridized carbons (Fsp3) is 0.800. The minimum absolute atomic E-state index is 0.522. The van der Waals surface area contributed by atoms with E-state index in [-0.39, 0.29) is 0 Å². The number of anilines is 2. The highest BCUT2D eigenvalue weighted by Crippen LogP contribution is 2.24. The van der Waals surface area contributed by atoms with E-state index in [0.29, 0.717) is 6.04 Å². The van der Waals surface area contributed by atoms with Crippen molar-refractivity contribution in [3.8, 4) is 0 Å². The van der Waals surface area contributed by atoms with Crippen LogP contribution in [0.4, 0.5) is 11.6 Å². The molecule has 1 aromatic heterocycles. The Hall–Kier alpha value is -1.40. The van der Waals surface area contributed by atoms with Crippen LogP contribution in [0.15, 0.2) is 12.4 Å². The van der Waals surface area contributed by atoms with Gasteiger partial charge in [-0.25, -0.2) is 9.97 Å². The second kappa shape index (κ2) is 8.53. The van der Waals surface area contributed by atoms with E-state index in [4.69, 9.17) is 4.74 Å². The van der Waals surface area contributed by atoms with Gasteiger partial charge in [-0.05, 0) is 43.9 Å². The maximum absolute atomic E-state index is 5.51. The average molecular weight is 360 g/mol. The maximum atomic E-state index is 5.51. The summed E-state index contributed by atoms with van der Waals surface area (Å²) in [5, 5.41) is 3.66. The monoisotopic (exact) mass is 359 g/mol. The number of aromatic nitrogens is 2. The molecule has 6 nitrogen and oxygen atoms in total. The van der Waals surface area contributed by atoms with Crippen molar-refractivity contribution in [1.82, 2.24) is 14.9 Å². The first-order valence-corrected chi connectivity index (χ1v) is 10.4. The van der Waals surface area contributed by atoms with Gasteiger partial charge in [0.1, 0.15) is 18.0 Å². The highest BCUT2D eigenvalue weighted by atomic mass is 16.5. The molecule has 6 heteroatoms. The lowest BCUT2D eigenvalue weighted by Gasteiger charge is -2.34. The smallest absolute Gasteiger partial charge is 0.134 e. The normalized spacial score (nSPS) is 28.4. The van der Waals surface area contributed by atoms with Gasteiger partial charge in [0.05, 0.1) is 6.61 Å². The van der Waals surface area contributed by atoms with Crippen molar-refractivity contribution >= 4 is 11.6 Å². The van der Waals surface area contributed by atoms with Crippen LogP contribution in [-0.2, 0) is 4.74 Å². The quantitative estimate of drug-likeness (QED) is 0.872. The fourth-order valence-corrected chi connectivity index (χ4v) is 4.56. The number of hydrogen-bond acceptors (Lipinski definition) is 6. The number of piperidine rings is 2. The molecule has 0 bridgehead atoms. The van der Waals surface area contributed by atoms with Crippen molar-refractivity contribution in [2.45, 2.75) is 45.1 Å². The molecule has 144 valence electrons. The molecular formula is C20H33N5O. The van der Waals surface area contributed by atoms with Crippen LogP contribution in [0, 0.1) is 11.8 Å². The van der Waals surface area contributed by atoms with Gasteiger partial charge in [0.15, 0.2) is 0 Å². The zero-order valence-corrected chi connectivity index (χ0v) is 16.1. The standard InChI is InChI=1S/C20H33N5O/c1-16-3-2-7-25(12-16)20-11-19(21-15-22-20)23-18-4-8-24(9-5-18)13-17-6-10-26-14-17/h11,15-18H,2-10,12-14H2,1H3,(H,21,22,23). The summed E-state index contributed by atoms with van der Waals surface area (Å²) in [4.78, 5) is 14.0. The summed E-state index contributed by atoms with van der Waals surface area (Å²) in [7, 11) is 0. The molecule has 0 spiro atoms. The highest BCUT2D eigenvalue weighted by Gasteiger charge is 2.24.